The van der Waals surface area contributed by atoms with Crippen molar-refractivity contribution < 1.29 is 4.79 Å². The van der Waals surface area contributed by atoms with Gasteiger partial charge in [0, 0.05) is 37.2 Å². The highest BCUT2D eigenvalue weighted by Crippen LogP contribution is 2.24. The minimum Gasteiger partial charge on any atom is -0.360 e. The fourth-order valence-corrected chi connectivity index (χ4v) is 3.67. The zero-order chi connectivity index (χ0) is 19.7. The van der Waals surface area contributed by atoms with E-state index in [0.29, 0.717) is 29.7 Å². The molecule has 4 rings (SSSR count). The average Bonchev–Trinajstić information content (AvgIpc) is 3.13. The summed E-state index contributed by atoms with van der Waals surface area (Å²) in [4.78, 5) is 20.9. The van der Waals surface area contributed by atoms with E-state index in [1.165, 1.54) is 0 Å². The molecule has 0 radical (unpaired) electrons. The van der Waals surface area contributed by atoms with Crippen molar-refractivity contribution in [3.8, 4) is 5.69 Å². The fourth-order valence-electron chi connectivity index (χ4n) is 3.35. The van der Waals surface area contributed by atoms with Crippen LogP contribution in [0.4, 0.5) is 5.69 Å². The molecule has 0 saturated carbocycles. The molecule has 1 amide bonds. The number of hydrogen-bond donors (Lipinski definition) is 0. The molecule has 1 aliphatic rings. The highest BCUT2D eigenvalue weighted by molar-refractivity contribution is 6.42. The molecule has 0 N–H and O–H groups in total. The number of anilines is 1. The Morgan fingerprint density at radius 1 is 1.00 bits per heavy atom. The first kappa shape index (κ1) is 18.8. The maximum absolute atomic E-state index is 12.6. The molecule has 1 aliphatic heterocycles. The third-order valence-corrected chi connectivity index (χ3v) is 5.64. The van der Waals surface area contributed by atoms with Crippen LogP contribution in [0, 0.1) is 6.92 Å². The van der Waals surface area contributed by atoms with E-state index in [4.69, 9.17) is 23.2 Å². The minimum absolute atomic E-state index is 0.103. The largest absolute Gasteiger partial charge is 0.360 e. The van der Waals surface area contributed by atoms with Crippen LogP contribution in [0.3, 0.4) is 0 Å². The number of nitrogens with zero attached hydrogens (tertiary/aromatic N) is 4. The average molecular weight is 415 g/mol. The van der Waals surface area contributed by atoms with Gasteiger partial charge < -0.3 is 14.4 Å². The molecular weight excluding hydrogens is 395 g/mol. The standard InChI is InChI=1S/C21H20Cl2N4O/c1-15-11-27(14-24-15)18-5-3-17(4-6-18)25-8-9-26(21(28)13-25)12-16-2-7-19(22)20(23)10-16/h2-7,10-11,14H,8-9,12-13H2,1H3. The number of amides is 1. The van der Waals surface area contributed by atoms with Crippen molar-refractivity contribution in [2.24, 2.45) is 0 Å². The summed E-state index contributed by atoms with van der Waals surface area (Å²) in [6, 6.07) is 13.7. The smallest absolute Gasteiger partial charge is 0.242 e. The van der Waals surface area contributed by atoms with Crippen LogP contribution in [0.25, 0.3) is 5.69 Å². The van der Waals surface area contributed by atoms with Crippen molar-refractivity contribution in [1.29, 1.82) is 0 Å². The fraction of sp³-hybridized carbons (Fsp3) is 0.238. The molecule has 7 heteroatoms. The third-order valence-electron chi connectivity index (χ3n) is 4.90. The summed E-state index contributed by atoms with van der Waals surface area (Å²) < 4.78 is 1.99. The SMILES string of the molecule is Cc1cn(-c2ccc(N3CCN(Cc4ccc(Cl)c(Cl)c4)C(=O)C3)cc2)cn1. The van der Waals surface area contributed by atoms with Crippen LogP contribution in [0.5, 0.6) is 0 Å². The Hall–Kier alpha value is -2.50. The molecule has 0 bridgehead atoms. The van der Waals surface area contributed by atoms with Crippen molar-refractivity contribution in [3.05, 3.63) is 76.3 Å². The van der Waals surface area contributed by atoms with E-state index in [2.05, 4.69) is 9.88 Å². The van der Waals surface area contributed by atoms with Crippen LogP contribution in [-0.4, -0.2) is 40.0 Å². The molecule has 0 atom stereocenters. The van der Waals surface area contributed by atoms with Gasteiger partial charge in [-0.25, -0.2) is 4.98 Å². The summed E-state index contributed by atoms with van der Waals surface area (Å²) >= 11 is 12.0. The van der Waals surface area contributed by atoms with E-state index in [1.54, 1.807) is 12.4 Å². The van der Waals surface area contributed by atoms with Crippen LogP contribution in [-0.2, 0) is 11.3 Å². The molecule has 2 aromatic carbocycles. The molecule has 1 aromatic heterocycles. The Morgan fingerprint density at radius 2 is 1.75 bits per heavy atom. The van der Waals surface area contributed by atoms with Crippen molar-refractivity contribution in [1.82, 2.24) is 14.5 Å². The molecule has 2 heterocycles. The number of carbonyl (C=O) groups is 1. The van der Waals surface area contributed by atoms with Gasteiger partial charge in [0.2, 0.25) is 5.91 Å². The van der Waals surface area contributed by atoms with E-state index >= 15 is 0 Å². The Morgan fingerprint density at radius 3 is 2.39 bits per heavy atom. The first-order valence-corrected chi connectivity index (χ1v) is 9.83. The van der Waals surface area contributed by atoms with Crippen LogP contribution in [0.1, 0.15) is 11.3 Å². The van der Waals surface area contributed by atoms with Crippen LogP contribution < -0.4 is 4.90 Å². The molecule has 5 nitrogen and oxygen atoms in total. The molecule has 0 spiro atoms. The molecule has 0 unspecified atom stereocenters. The minimum atomic E-state index is 0.103. The number of rotatable bonds is 4. The second-order valence-corrected chi connectivity index (χ2v) is 7.74. The van der Waals surface area contributed by atoms with Crippen molar-refractivity contribution in [3.63, 3.8) is 0 Å². The molecule has 28 heavy (non-hydrogen) atoms. The summed E-state index contributed by atoms with van der Waals surface area (Å²) in [5, 5.41) is 1.04. The van der Waals surface area contributed by atoms with E-state index in [-0.39, 0.29) is 5.91 Å². The number of hydrogen-bond acceptors (Lipinski definition) is 3. The van der Waals surface area contributed by atoms with Gasteiger partial charge in [-0.05, 0) is 48.9 Å². The third kappa shape index (κ3) is 4.01. The van der Waals surface area contributed by atoms with Gasteiger partial charge in [-0.15, -0.1) is 0 Å². The van der Waals surface area contributed by atoms with Crippen molar-refractivity contribution >= 4 is 34.8 Å². The topological polar surface area (TPSA) is 41.4 Å². The molecule has 1 fully saturated rings. The van der Waals surface area contributed by atoms with E-state index in [1.807, 2.05) is 59.0 Å². The molecular formula is C21H20Cl2N4O. The predicted molar refractivity (Wildman–Crippen MR) is 112 cm³/mol. The first-order valence-electron chi connectivity index (χ1n) is 9.07. The van der Waals surface area contributed by atoms with Crippen molar-refractivity contribution in [2.45, 2.75) is 13.5 Å². The van der Waals surface area contributed by atoms with Gasteiger partial charge in [0.1, 0.15) is 0 Å². The normalized spacial score (nSPS) is 14.6. The van der Waals surface area contributed by atoms with Gasteiger partial charge in [-0.2, -0.15) is 0 Å². The quantitative estimate of drug-likeness (QED) is 0.637. The predicted octanol–water partition coefficient (Wildman–Crippen LogP) is 4.34. The van der Waals surface area contributed by atoms with Gasteiger partial charge in [-0.3, -0.25) is 4.79 Å². The Kier molecular flexibility index (Phi) is 5.29. The van der Waals surface area contributed by atoms with Crippen LogP contribution >= 0.6 is 23.2 Å². The second-order valence-electron chi connectivity index (χ2n) is 6.92. The van der Waals surface area contributed by atoms with Crippen LogP contribution in [0.2, 0.25) is 10.0 Å². The van der Waals surface area contributed by atoms with Gasteiger partial charge in [0.05, 0.1) is 28.6 Å². The monoisotopic (exact) mass is 414 g/mol. The summed E-state index contributed by atoms with van der Waals surface area (Å²) in [7, 11) is 0. The summed E-state index contributed by atoms with van der Waals surface area (Å²) in [5.74, 6) is 0.103. The van der Waals surface area contributed by atoms with Crippen molar-refractivity contribution in [2.75, 3.05) is 24.5 Å². The lowest BCUT2D eigenvalue weighted by Crippen LogP contribution is -2.50. The summed E-state index contributed by atoms with van der Waals surface area (Å²) in [6.07, 6.45) is 3.79. The molecule has 0 aliphatic carbocycles. The molecule has 1 saturated heterocycles. The maximum atomic E-state index is 12.6. The summed E-state index contributed by atoms with van der Waals surface area (Å²) in [5.41, 5.74) is 4.06. The number of carbonyl (C=O) groups excluding carboxylic acids is 1. The van der Waals surface area contributed by atoms with Gasteiger partial charge in [0.15, 0.2) is 0 Å². The lowest BCUT2D eigenvalue weighted by molar-refractivity contribution is -0.131. The van der Waals surface area contributed by atoms with Gasteiger partial charge >= 0.3 is 0 Å². The van der Waals surface area contributed by atoms with Gasteiger partial charge in [-0.1, -0.05) is 29.3 Å². The second kappa shape index (κ2) is 7.86. The highest BCUT2D eigenvalue weighted by atomic mass is 35.5. The maximum Gasteiger partial charge on any atom is 0.242 e. The number of piperazine rings is 1. The zero-order valence-corrected chi connectivity index (χ0v) is 17.0. The number of imidazole rings is 1. The highest BCUT2D eigenvalue weighted by Gasteiger charge is 2.24. The molecule has 3 aromatic rings. The Balaban J connectivity index is 1.41. The lowest BCUT2D eigenvalue weighted by Gasteiger charge is -2.35. The zero-order valence-electron chi connectivity index (χ0n) is 15.5. The van der Waals surface area contributed by atoms with E-state index in [9.17, 15) is 4.79 Å². The Bertz CT molecular complexity index is 1000. The number of benzene rings is 2. The summed E-state index contributed by atoms with van der Waals surface area (Å²) in [6.45, 7) is 4.33. The number of aromatic nitrogens is 2. The molecule has 144 valence electrons. The number of aryl methyl sites for hydroxylation is 1. The van der Waals surface area contributed by atoms with Crippen LogP contribution in [0.15, 0.2) is 55.0 Å². The van der Waals surface area contributed by atoms with E-state index < -0.39 is 0 Å². The number of halogens is 2. The van der Waals surface area contributed by atoms with Gasteiger partial charge in [0.25, 0.3) is 0 Å². The van der Waals surface area contributed by atoms with E-state index in [0.717, 1.165) is 29.2 Å². The Labute approximate surface area is 174 Å². The first-order chi connectivity index (χ1) is 13.5. The lowest BCUT2D eigenvalue weighted by atomic mass is 10.1.